The van der Waals surface area contributed by atoms with E-state index in [0.29, 0.717) is 13.0 Å². The molecule has 1 atom stereocenters. The van der Waals surface area contributed by atoms with Crippen LogP contribution in [-0.2, 0) is 4.74 Å². The molecule has 0 saturated heterocycles. The van der Waals surface area contributed by atoms with Crippen molar-refractivity contribution in [1.82, 2.24) is 5.32 Å². The van der Waals surface area contributed by atoms with E-state index in [1.54, 1.807) is 14.0 Å². The van der Waals surface area contributed by atoms with Gasteiger partial charge in [0.25, 0.3) is 0 Å². The van der Waals surface area contributed by atoms with Gasteiger partial charge in [-0.3, -0.25) is 0 Å². The van der Waals surface area contributed by atoms with Crippen molar-refractivity contribution in [3.8, 4) is 0 Å². The van der Waals surface area contributed by atoms with Gasteiger partial charge < -0.3 is 10.1 Å². The largest absolute Gasteiger partial charge is 0.372 e. The molecule has 2 nitrogen and oxygen atoms in total. The van der Waals surface area contributed by atoms with Gasteiger partial charge in [-0.2, -0.15) is 8.78 Å². The number of halogens is 4. The lowest BCUT2D eigenvalue weighted by atomic mass is 10.3. The number of alkyl halides is 4. The SMILES string of the molecule is CNCCC(C)OCC(F)(F)C(F)F. The summed E-state index contributed by atoms with van der Waals surface area (Å²) in [7, 11) is 1.71. The van der Waals surface area contributed by atoms with E-state index in [1.807, 2.05) is 0 Å². The number of ether oxygens (including phenoxy) is 1. The van der Waals surface area contributed by atoms with E-state index in [1.165, 1.54) is 0 Å². The monoisotopic (exact) mass is 217 g/mol. The number of rotatable bonds is 7. The molecule has 0 heterocycles. The third-order valence-corrected chi connectivity index (χ3v) is 1.68. The fourth-order valence-electron chi connectivity index (χ4n) is 0.747. The fraction of sp³-hybridized carbons (Fsp3) is 1.00. The molecule has 0 amide bonds. The van der Waals surface area contributed by atoms with E-state index in [9.17, 15) is 17.6 Å². The molecular weight excluding hydrogens is 202 g/mol. The van der Waals surface area contributed by atoms with Gasteiger partial charge in [0.1, 0.15) is 6.61 Å². The lowest BCUT2D eigenvalue weighted by Gasteiger charge is -2.18. The molecule has 0 aromatic rings. The van der Waals surface area contributed by atoms with Gasteiger partial charge >= 0.3 is 12.3 Å². The molecule has 0 rings (SSSR count). The van der Waals surface area contributed by atoms with E-state index >= 15 is 0 Å². The first-order valence-corrected chi connectivity index (χ1v) is 4.32. The Morgan fingerprint density at radius 1 is 1.36 bits per heavy atom. The van der Waals surface area contributed by atoms with E-state index in [2.05, 4.69) is 10.1 Å². The summed E-state index contributed by atoms with van der Waals surface area (Å²) >= 11 is 0. The molecule has 0 aliphatic rings. The van der Waals surface area contributed by atoms with Crippen LogP contribution in [0.25, 0.3) is 0 Å². The molecular formula is C8H15F4NO. The summed E-state index contributed by atoms with van der Waals surface area (Å²) in [6, 6.07) is 0. The van der Waals surface area contributed by atoms with Crippen LogP contribution in [0.1, 0.15) is 13.3 Å². The molecule has 0 spiro atoms. The van der Waals surface area contributed by atoms with Crippen molar-refractivity contribution in [2.45, 2.75) is 31.8 Å². The summed E-state index contributed by atoms with van der Waals surface area (Å²) in [5.41, 5.74) is 0. The second kappa shape index (κ2) is 6.19. The summed E-state index contributed by atoms with van der Waals surface area (Å²) in [6.45, 7) is 0.940. The minimum Gasteiger partial charge on any atom is -0.372 e. The number of hydrogen-bond acceptors (Lipinski definition) is 2. The minimum atomic E-state index is -4.05. The van der Waals surface area contributed by atoms with Crippen molar-refractivity contribution in [2.24, 2.45) is 0 Å². The van der Waals surface area contributed by atoms with Gasteiger partial charge in [-0.15, -0.1) is 0 Å². The number of nitrogens with one attached hydrogen (secondary N) is 1. The highest BCUT2D eigenvalue weighted by atomic mass is 19.3. The van der Waals surface area contributed by atoms with Crippen LogP contribution in [-0.4, -0.2) is 38.7 Å². The zero-order valence-electron chi connectivity index (χ0n) is 8.20. The van der Waals surface area contributed by atoms with E-state index < -0.39 is 25.1 Å². The highest BCUT2D eigenvalue weighted by Crippen LogP contribution is 2.23. The Morgan fingerprint density at radius 2 is 1.93 bits per heavy atom. The van der Waals surface area contributed by atoms with Gasteiger partial charge in [0.2, 0.25) is 0 Å². The van der Waals surface area contributed by atoms with Crippen LogP contribution in [0.3, 0.4) is 0 Å². The van der Waals surface area contributed by atoms with Crippen LogP contribution in [0.2, 0.25) is 0 Å². The first-order valence-electron chi connectivity index (χ1n) is 4.32. The summed E-state index contributed by atoms with van der Waals surface area (Å²) in [5.74, 6) is -4.05. The molecule has 1 N–H and O–H groups in total. The third kappa shape index (κ3) is 5.39. The predicted octanol–water partition coefficient (Wildman–Crippen LogP) is 1.90. The molecule has 0 bridgehead atoms. The molecule has 1 unspecified atom stereocenters. The Morgan fingerprint density at radius 3 is 2.36 bits per heavy atom. The normalized spacial score (nSPS) is 14.8. The van der Waals surface area contributed by atoms with Crippen molar-refractivity contribution < 1.29 is 22.3 Å². The second-order valence-electron chi connectivity index (χ2n) is 3.08. The van der Waals surface area contributed by atoms with Gasteiger partial charge in [0.05, 0.1) is 6.10 Å². The molecule has 0 saturated carbocycles. The highest BCUT2D eigenvalue weighted by Gasteiger charge is 2.41. The van der Waals surface area contributed by atoms with E-state index in [0.717, 1.165) is 0 Å². The quantitative estimate of drug-likeness (QED) is 0.657. The van der Waals surface area contributed by atoms with Crippen molar-refractivity contribution >= 4 is 0 Å². The number of hydrogen-bond donors (Lipinski definition) is 1. The first kappa shape index (κ1) is 13.6. The zero-order chi connectivity index (χ0) is 11.2. The summed E-state index contributed by atoms with van der Waals surface area (Å²) < 4.78 is 52.6. The maximum absolute atomic E-state index is 12.3. The van der Waals surface area contributed by atoms with E-state index in [4.69, 9.17) is 0 Å². The van der Waals surface area contributed by atoms with Crippen LogP contribution >= 0.6 is 0 Å². The summed E-state index contributed by atoms with van der Waals surface area (Å²) in [6.07, 6.45) is -3.61. The second-order valence-corrected chi connectivity index (χ2v) is 3.08. The molecule has 0 aliphatic carbocycles. The molecule has 0 aromatic heterocycles. The van der Waals surface area contributed by atoms with Crippen LogP contribution < -0.4 is 5.32 Å². The van der Waals surface area contributed by atoms with Gasteiger partial charge in [-0.1, -0.05) is 0 Å². The van der Waals surface area contributed by atoms with Crippen molar-refractivity contribution in [2.75, 3.05) is 20.2 Å². The molecule has 86 valence electrons. The van der Waals surface area contributed by atoms with Crippen LogP contribution in [0.5, 0.6) is 0 Å². The molecule has 0 fully saturated rings. The van der Waals surface area contributed by atoms with Crippen LogP contribution in [0.4, 0.5) is 17.6 Å². The Labute approximate surface area is 80.6 Å². The van der Waals surface area contributed by atoms with E-state index in [-0.39, 0.29) is 0 Å². The van der Waals surface area contributed by atoms with Crippen molar-refractivity contribution in [3.63, 3.8) is 0 Å². The van der Waals surface area contributed by atoms with Crippen LogP contribution in [0.15, 0.2) is 0 Å². The molecule has 0 aromatic carbocycles. The smallest absolute Gasteiger partial charge is 0.330 e. The van der Waals surface area contributed by atoms with Crippen molar-refractivity contribution in [3.05, 3.63) is 0 Å². The lowest BCUT2D eigenvalue weighted by Crippen LogP contribution is -2.34. The average molecular weight is 217 g/mol. The Hall–Kier alpha value is -0.360. The fourth-order valence-corrected chi connectivity index (χ4v) is 0.747. The zero-order valence-corrected chi connectivity index (χ0v) is 8.20. The predicted molar refractivity (Wildman–Crippen MR) is 44.9 cm³/mol. The highest BCUT2D eigenvalue weighted by molar-refractivity contribution is 4.68. The average Bonchev–Trinajstić information content (AvgIpc) is 2.11. The molecule has 0 aliphatic heterocycles. The maximum Gasteiger partial charge on any atom is 0.330 e. The lowest BCUT2D eigenvalue weighted by molar-refractivity contribution is -0.174. The third-order valence-electron chi connectivity index (χ3n) is 1.68. The van der Waals surface area contributed by atoms with Gasteiger partial charge in [0, 0.05) is 0 Å². The molecule has 0 radical (unpaired) electrons. The Balaban J connectivity index is 3.70. The van der Waals surface area contributed by atoms with Crippen LogP contribution in [0, 0.1) is 0 Å². The first-order chi connectivity index (χ1) is 6.40. The van der Waals surface area contributed by atoms with Crippen molar-refractivity contribution in [1.29, 1.82) is 0 Å². The molecule has 6 heteroatoms. The Kier molecular flexibility index (Phi) is 6.03. The summed E-state index contributed by atoms with van der Waals surface area (Å²) in [4.78, 5) is 0. The maximum atomic E-state index is 12.3. The van der Waals surface area contributed by atoms with Gasteiger partial charge in [0.15, 0.2) is 0 Å². The Bertz CT molecular complexity index is 154. The topological polar surface area (TPSA) is 21.3 Å². The molecule has 14 heavy (non-hydrogen) atoms. The standard InChI is InChI=1S/C8H15F4NO/c1-6(3-4-13-2)14-5-8(11,12)7(9)10/h6-7,13H,3-5H2,1-2H3. The van der Waals surface area contributed by atoms with Gasteiger partial charge in [-0.05, 0) is 26.9 Å². The minimum absolute atomic E-state index is 0.452. The summed E-state index contributed by atoms with van der Waals surface area (Å²) in [5, 5.41) is 2.80. The van der Waals surface area contributed by atoms with Gasteiger partial charge in [-0.25, -0.2) is 8.78 Å².